The normalized spacial score (nSPS) is 13.5. The van der Waals surface area contributed by atoms with E-state index in [9.17, 15) is 14.4 Å². The van der Waals surface area contributed by atoms with Crippen LogP contribution < -0.4 is 4.90 Å². The van der Waals surface area contributed by atoms with Gasteiger partial charge in [-0.2, -0.15) is 0 Å². The molecule has 0 N–H and O–H groups in total. The first-order chi connectivity index (χ1) is 13.0. The number of fused-ring (bicyclic) bond motifs is 1. The molecule has 138 valence electrons. The largest absolute Gasteiger partial charge is 0.463 e. The van der Waals surface area contributed by atoms with E-state index in [4.69, 9.17) is 4.74 Å². The van der Waals surface area contributed by atoms with Crippen LogP contribution in [0.3, 0.4) is 0 Å². The monoisotopic (exact) mass is 363 g/mol. The molecule has 2 aromatic rings. The van der Waals surface area contributed by atoms with Gasteiger partial charge in [-0.05, 0) is 48.2 Å². The average molecular weight is 363 g/mol. The summed E-state index contributed by atoms with van der Waals surface area (Å²) in [6.45, 7) is 4.51. The second kappa shape index (κ2) is 7.99. The van der Waals surface area contributed by atoms with Crippen LogP contribution >= 0.6 is 0 Å². The molecule has 0 atom stereocenters. The summed E-state index contributed by atoms with van der Waals surface area (Å²) in [4.78, 5) is 38.1. The van der Waals surface area contributed by atoms with Crippen LogP contribution in [0, 0.1) is 5.92 Å². The van der Waals surface area contributed by atoms with Crippen LogP contribution in [-0.4, -0.2) is 24.4 Å². The van der Waals surface area contributed by atoms with Gasteiger partial charge in [0, 0.05) is 6.08 Å². The lowest BCUT2D eigenvalue weighted by Crippen LogP contribution is -2.29. The summed E-state index contributed by atoms with van der Waals surface area (Å²) in [5, 5.41) is 0. The Morgan fingerprint density at radius 2 is 1.70 bits per heavy atom. The Kier molecular flexibility index (Phi) is 5.50. The van der Waals surface area contributed by atoms with Gasteiger partial charge in [0.2, 0.25) is 0 Å². The van der Waals surface area contributed by atoms with E-state index in [1.54, 1.807) is 54.6 Å². The number of rotatable bonds is 6. The van der Waals surface area contributed by atoms with Crippen molar-refractivity contribution in [3.63, 3.8) is 0 Å². The van der Waals surface area contributed by atoms with Gasteiger partial charge >= 0.3 is 5.97 Å². The van der Waals surface area contributed by atoms with Gasteiger partial charge in [0.1, 0.15) is 0 Å². The summed E-state index contributed by atoms with van der Waals surface area (Å²) >= 11 is 0. The predicted octanol–water partition coefficient (Wildman–Crippen LogP) is 4.09. The van der Waals surface area contributed by atoms with E-state index < -0.39 is 5.97 Å². The Morgan fingerprint density at radius 3 is 2.33 bits per heavy atom. The third-order valence-corrected chi connectivity index (χ3v) is 4.27. The fourth-order valence-corrected chi connectivity index (χ4v) is 2.80. The summed E-state index contributed by atoms with van der Waals surface area (Å²) < 4.78 is 5.14. The molecule has 0 bridgehead atoms. The number of esters is 1. The second-order valence-corrected chi connectivity index (χ2v) is 6.77. The maximum absolute atomic E-state index is 12.6. The molecule has 0 aliphatic carbocycles. The van der Waals surface area contributed by atoms with E-state index in [1.807, 2.05) is 0 Å². The number of hydrogen-bond donors (Lipinski definition) is 0. The fourth-order valence-electron chi connectivity index (χ4n) is 2.80. The molecule has 1 aliphatic rings. The summed E-state index contributed by atoms with van der Waals surface area (Å²) in [5.41, 5.74) is 1.97. The van der Waals surface area contributed by atoms with E-state index in [0.717, 1.165) is 11.3 Å². The van der Waals surface area contributed by atoms with Crippen molar-refractivity contribution >= 4 is 29.5 Å². The predicted molar refractivity (Wildman–Crippen MR) is 103 cm³/mol. The van der Waals surface area contributed by atoms with Gasteiger partial charge in [-0.25, -0.2) is 9.69 Å². The molecule has 1 aliphatic heterocycles. The van der Waals surface area contributed by atoms with Gasteiger partial charge in [-0.3, -0.25) is 9.59 Å². The molecular weight excluding hydrogens is 342 g/mol. The third kappa shape index (κ3) is 4.14. The zero-order valence-electron chi connectivity index (χ0n) is 15.3. The molecule has 0 radical (unpaired) electrons. The standard InChI is InChI=1S/C22H21NO4/c1-15(2)12-13-27-20(24)11-10-16-6-5-7-17(14-16)23-21(25)18-8-3-4-9-19(18)22(23)26/h3-11,14-15H,12-13H2,1-2H3/b11-10+. The van der Waals surface area contributed by atoms with Crippen LogP contribution in [0.4, 0.5) is 5.69 Å². The molecule has 5 nitrogen and oxygen atoms in total. The minimum atomic E-state index is -0.415. The molecule has 5 heteroatoms. The van der Waals surface area contributed by atoms with Gasteiger partial charge in [0.05, 0.1) is 23.4 Å². The van der Waals surface area contributed by atoms with E-state index in [1.165, 1.54) is 6.08 Å². The Labute approximate surface area is 158 Å². The third-order valence-electron chi connectivity index (χ3n) is 4.27. The molecule has 2 aromatic carbocycles. The number of imide groups is 1. The lowest BCUT2D eigenvalue weighted by molar-refractivity contribution is -0.137. The number of carbonyl (C=O) groups excluding carboxylic acids is 3. The van der Waals surface area contributed by atoms with Gasteiger partial charge in [-0.1, -0.05) is 38.1 Å². The summed E-state index contributed by atoms with van der Waals surface area (Å²) in [5.74, 6) is -0.630. The Morgan fingerprint density at radius 1 is 1.04 bits per heavy atom. The molecule has 0 spiro atoms. The highest BCUT2D eigenvalue weighted by molar-refractivity contribution is 6.34. The number of ether oxygens (including phenoxy) is 1. The van der Waals surface area contributed by atoms with Crippen LogP contribution in [0.1, 0.15) is 46.5 Å². The highest BCUT2D eigenvalue weighted by atomic mass is 16.5. The van der Waals surface area contributed by atoms with Gasteiger partial charge < -0.3 is 4.74 Å². The van der Waals surface area contributed by atoms with Crippen molar-refractivity contribution in [2.75, 3.05) is 11.5 Å². The molecule has 1 heterocycles. The fraction of sp³-hybridized carbons (Fsp3) is 0.227. The zero-order chi connectivity index (χ0) is 19.4. The van der Waals surface area contributed by atoms with Crippen molar-refractivity contribution in [3.05, 3.63) is 71.3 Å². The summed E-state index contributed by atoms with van der Waals surface area (Å²) in [6, 6.07) is 13.7. The van der Waals surface area contributed by atoms with Gasteiger partial charge in [0.25, 0.3) is 11.8 Å². The zero-order valence-corrected chi connectivity index (χ0v) is 15.3. The molecule has 0 fully saturated rings. The molecule has 2 amide bonds. The SMILES string of the molecule is CC(C)CCOC(=O)/C=C/c1cccc(N2C(=O)c3ccccc3C2=O)c1. The highest BCUT2D eigenvalue weighted by Gasteiger charge is 2.36. The Hall–Kier alpha value is -3.21. The number of benzene rings is 2. The van der Waals surface area contributed by atoms with Gasteiger partial charge in [-0.15, -0.1) is 0 Å². The topological polar surface area (TPSA) is 63.7 Å². The Balaban J connectivity index is 1.73. The van der Waals surface area contributed by atoms with Crippen molar-refractivity contribution in [3.8, 4) is 0 Å². The lowest BCUT2D eigenvalue weighted by Gasteiger charge is -2.14. The minimum absolute atomic E-state index is 0.343. The molecule has 0 saturated heterocycles. The van der Waals surface area contributed by atoms with Crippen molar-refractivity contribution < 1.29 is 19.1 Å². The van der Waals surface area contributed by atoms with E-state index in [2.05, 4.69) is 13.8 Å². The van der Waals surface area contributed by atoms with Crippen molar-refractivity contribution in [1.82, 2.24) is 0 Å². The van der Waals surface area contributed by atoms with Crippen molar-refractivity contribution in [1.29, 1.82) is 0 Å². The molecule has 0 saturated carbocycles. The van der Waals surface area contributed by atoms with Crippen molar-refractivity contribution in [2.45, 2.75) is 20.3 Å². The lowest BCUT2D eigenvalue weighted by atomic mass is 10.1. The van der Waals surface area contributed by atoms with Crippen LogP contribution in [0.5, 0.6) is 0 Å². The maximum Gasteiger partial charge on any atom is 0.330 e. The summed E-state index contributed by atoms with van der Waals surface area (Å²) in [6.07, 6.45) is 3.77. The quantitative estimate of drug-likeness (QED) is 0.440. The Bertz CT molecular complexity index is 879. The van der Waals surface area contributed by atoms with E-state index in [-0.39, 0.29) is 11.8 Å². The van der Waals surface area contributed by atoms with Crippen molar-refractivity contribution in [2.24, 2.45) is 5.92 Å². The number of carbonyl (C=O) groups is 3. The number of hydrogen-bond acceptors (Lipinski definition) is 4. The van der Waals surface area contributed by atoms with Crippen LogP contribution in [0.2, 0.25) is 0 Å². The summed E-state index contributed by atoms with van der Waals surface area (Å²) in [7, 11) is 0. The van der Waals surface area contributed by atoms with Crippen LogP contribution in [0.15, 0.2) is 54.6 Å². The first-order valence-electron chi connectivity index (χ1n) is 8.90. The maximum atomic E-state index is 12.6. The highest BCUT2D eigenvalue weighted by Crippen LogP contribution is 2.28. The average Bonchev–Trinajstić information content (AvgIpc) is 2.91. The van der Waals surface area contributed by atoms with Crippen LogP contribution in [-0.2, 0) is 9.53 Å². The minimum Gasteiger partial charge on any atom is -0.463 e. The van der Waals surface area contributed by atoms with E-state index >= 15 is 0 Å². The number of amides is 2. The molecular formula is C22H21NO4. The number of anilines is 1. The molecule has 3 rings (SSSR count). The smallest absolute Gasteiger partial charge is 0.330 e. The van der Waals surface area contributed by atoms with E-state index in [0.29, 0.717) is 34.9 Å². The molecule has 27 heavy (non-hydrogen) atoms. The number of nitrogens with zero attached hydrogens (tertiary/aromatic N) is 1. The van der Waals surface area contributed by atoms with Gasteiger partial charge in [0.15, 0.2) is 0 Å². The first-order valence-corrected chi connectivity index (χ1v) is 8.90. The second-order valence-electron chi connectivity index (χ2n) is 6.77. The molecule has 0 aromatic heterocycles. The molecule has 0 unspecified atom stereocenters. The first kappa shape index (κ1) is 18.6. The van der Waals surface area contributed by atoms with Crippen LogP contribution in [0.25, 0.3) is 6.08 Å².